The van der Waals surface area contributed by atoms with Gasteiger partial charge in [0, 0.05) is 6.07 Å². The van der Waals surface area contributed by atoms with Gasteiger partial charge in [-0.15, -0.1) is 0 Å². The van der Waals surface area contributed by atoms with Crippen molar-refractivity contribution < 1.29 is 19.0 Å². The van der Waals surface area contributed by atoms with Gasteiger partial charge in [0.25, 0.3) is 5.91 Å². The number of benzene rings is 2. The molecule has 27 heavy (non-hydrogen) atoms. The molecular formula is C19H17ClN2O4S. The molecule has 0 spiro atoms. The third-order valence-corrected chi connectivity index (χ3v) is 4.62. The van der Waals surface area contributed by atoms with E-state index in [0.717, 1.165) is 0 Å². The maximum absolute atomic E-state index is 12.8. The van der Waals surface area contributed by atoms with Crippen LogP contribution in [0.15, 0.2) is 42.1 Å². The predicted molar refractivity (Wildman–Crippen MR) is 109 cm³/mol. The van der Waals surface area contributed by atoms with E-state index in [1.54, 1.807) is 49.6 Å². The highest BCUT2D eigenvalue weighted by atomic mass is 35.5. The Morgan fingerprint density at radius 1 is 1.04 bits per heavy atom. The molecule has 1 aliphatic heterocycles. The molecular weight excluding hydrogens is 388 g/mol. The summed E-state index contributed by atoms with van der Waals surface area (Å²) in [7, 11) is 4.64. The van der Waals surface area contributed by atoms with Gasteiger partial charge in [-0.05, 0) is 54.2 Å². The second kappa shape index (κ2) is 7.85. The van der Waals surface area contributed by atoms with E-state index in [4.69, 9.17) is 38.0 Å². The molecule has 6 nitrogen and oxygen atoms in total. The fourth-order valence-corrected chi connectivity index (χ4v) is 3.14. The smallest absolute Gasteiger partial charge is 0.281 e. The van der Waals surface area contributed by atoms with Crippen molar-refractivity contribution in [3.63, 3.8) is 0 Å². The molecule has 0 atom stereocenters. The van der Waals surface area contributed by atoms with Crippen LogP contribution in [0.4, 0.5) is 5.69 Å². The van der Waals surface area contributed by atoms with Crippen molar-refractivity contribution in [2.75, 3.05) is 26.2 Å². The summed E-state index contributed by atoms with van der Waals surface area (Å²) in [5.41, 5.74) is 1.55. The molecule has 1 saturated heterocycles. The summed E-state index contributed by atoms with van der Waals surface area (Å²) in [5.74, 6) is 1.42. The summed E-state index contributed by atoms with van der Waals surface area (Å²) in [4.78, 5) is 14.3. The molecule has 3 rings (SSSR count). The van der Waals surface area contributed by atoms with Crippen LogP contribution in [0.5, 0.6) is 17.2 Å². The molecule has 1 N–H and O–H groups in total. The first kappa shape index (κ1) is 19.0. The fraction of sp³-hybridized carbons (Fsp3) is 0.158. The number of methoxy groups -OCH3 is 3. The Bertz CT molecular complexity index is 928. The minimum absolute atomic E-state index is 0.281. The molecule has 1 amide bonds. The molecule has 0 bridgehead atoms. The van der Waals surface area contributed by atoms with Crippen molar-refractivity contribution >= 4 is 46.6 Å². The SMILES string of the molecule is COc1ccc(N2C(=O)/C(=C/c3cc(OC)c(OC)cc3Cl)NC2=S)cc1. The van der Waals surface area contributed by atoms with E-state index in [0.29, 0.717) is 39.2 Å². The standard InChI is InChI=1S/C19H17ClN2O4S/c1-24-13-6-4-12(5-7-13)22-18(23)15(21-19(22)27)8-11-9-16(25-2)17(26-3)10-14(11)20/h4-10H,1-3H3,(H,21,27)/b15-8-. The number of thiocarbonyl (C=S) groups is 1. The first-order valence-corrected chi connectivity index (χ1v) is 8.69. The molecule has 0 aromatic heterocycles. The zero-order valence-electron chi connectivity index (χ0n) is 14.9. The van der Waals surface area contributed by atoms with Crippen LogP contribution in [0.3, 0.4) is 0 Å². The maximum atomic E-state index is 12.8. The van der Waals surface area contributed by atoms with Gasteiger partial charge in [0.2, 0.25) is 0 Å². The quantitative estimate of drug-likeness (QED) is 0.606. The van der Waals surface area contributed by atoms with Crippen LogP contribution in [0.25, 0.3) is 6.08 Å². The zero-order valence-corrected chi connectivity index (χ0v) is 16.5. The molecule has 1 fully saturated rings. The first-order chi connectivity index (χ1) is 13.0. The number of halogens is 1. The van der Waals surface area contributed by atoms with E-state index >= 15 is 0 Å². The Morgan fingerprint density at radius 2 is 1.67 bits per heavy atom. The zero-order chi connectivity index (χ0) is 19.6. The lowest BCUT2D eigenvalue weighted by Crippen LogP contribution is -2.30. The lowest BCUT2D eigenvalue weighted by Gasteiger charge is -2.14. The van der Waals surface area contributed by atoms with Crippen LogP contribution in [0.2, 0.25) is 5.02 Å². The van der Waals surface area contributed by atoms with Gasteiger partial charge in [-0.3, -0.25) is 9.69 Å². The van der Waals surface area contributed by atoms with Crippen molar-refractivity contribution in [3.8, 4) is 17.2 Å². The van der Waals surface area contributed by atoms with Gasteiger partial charge in [-0.2, -0.15) is 0 Å². The number of rotatable bonds is 5. The molecule has 0 saturated carbocycles. The van der Waals surface area contributed by atoms with Crippen molar-refractivity contribution in [3.05, 3.63) is 52.7 Å². The number of carbonyl (C=O) groups excluding carboxylic acids is 1. The first-order valence-electron chi connectivity index (χ1n) is 7.91. The largest absolute Gasteiger partial charge is 0.497 e. The summed E-state index contributed by atoms with van der Waals surface area (Å²) in [6, 6.07) is 10.4. The second-order valence-electron chi connectivity index (χ2n) is 5.56. The molecule has 140 valence electrons. The highest BCUT2D eigenvalue weighted by Gasteiger charge is 2.32. The third-order valence-electron chi connectivity index (χ3n) is 4.01. The van der Waals surface area contributed by atoms with Gasteiger partial charge in [0.15, 0.2) is 16.6 Å². The van der Waals surface area contributed by atoms with Crippen molar-refractivity contribution in [2.24, 2.45) is 0 Å². The Hall–Kier alpha value is -2.77. The summed E-state index contributed by atoms with van der Waals surface area (Å²) in [6.45, 7) is 0. The van der Waals surface area contributed by atoms with E-state index in [9.17, 15) is 4.79 Å². The molecule has 2 aromatic carbocycles. The van der Waals surface area contributed by atoms with Crippen LogP contribution in [-0.4, -0.2) is 32.3 Å². The highest BCUT2D eigenvalue weighted by molar-refractivity contribution is 7.80. The van der Waals surface area contributed by atoms with Crippen molar-refractivity contribution in [1.29, 1.82) is 0 Å². The monoisotopic (exact) mass is 404 g/mol. The molecule has 0 unspecified atom stereocenters. The number of anilines is 1. The summed E-state index contributed by atoms with van der Waals surface area (Å²) >= 11 is 11.6. The molecule has 1 heterocycles. The number of hydrogen-bond acceptors (Lipinski definition) is 5. The van der Waals surface area contributed by atoms with Gasteiger partial charge < -0.3 is 19.5 Å². The minimum Gasteiger partial charge on any atom is -0.497 e. The van der Waals surface area contributed by atoms with Gasteiger partial charge in [0.05, 0.1) is 32.0 Å². The Kier molecular flexibility index (Phi) is 5.53. The molecule has 1 aliphatic rings. The minimum atomic E-state index is -0.281. The molecule has 0 aliphatic carbocycles. The lowest BCUT2D eigenvalue weighted by molar-refractivity contribution is -0.113. The van der Waals surface area contributed by atoms with Gasteiger partial charge in [-0.25, -0.2) is 0 Å². The number of ether oxygens (including phenoxy) is 3. The number of carbonyl (C=O) groups is 1. The Labute approximate surface area is 167 Å². The van der Waals surface area contributed by atoms with E-state index < -0.39 is 0 Å². The van der Waals surface area contributed by atoms with Crippen molar-refractivity contribution in [2.45, 2.75) is 0 Å². The Balaban J connectivity index is 1.94. The second-order valence-corrected chi connectivity index (χ2v) is 6.35. The van der Waals surface area contributed by atoms with Gasteiger partial charge in [-0.1, -0.05) is 11.6 Å². The Morgan fingerprint density at radius 3 is 2.26 bits per heavy atom. The maximum Gasteiger partial charge on any atom is 0.281 e. The molecule has 0 radical (unpaired) electrons. The fourth-order valence-electron chi connectivity index (χ4n) is 2.64. The summed E-state index contributed by atoms with van der Waals surface area (Å²) in [6.07, 6.45) is 1.63. The van der Waals surface area contributed by atoms with Gasteiger partial charge >= 0.3 is 0 Å². The third kappa shape index (κ3) is 3.70. The van der Waals surface area contributed by atoms with E-state index in [1.807, 2.05) is 0 Å². The van der Waals surface area contributed by atoms with Crippen LogP contribution in [0, 0.1) is 0 Å². The van der Waals surface area contributed by atoms with E-state index in [-0.39, 0.29) is 11.0 Å². The van der Waals surface area contributed by atoms with Gasteiger partial charge in [0.1, 0.15) is 11.4 Å². The van der Waals surface area contributed by atoms with Crippen molar-refractivity contribution in [1.82, 2.24) is 5.32 Å². The number of hydrogen-bond donors (Lipinski definition) is 1. The highest BCUT2D eigenvalue weighted by Crippen LogP contribution is 2.34. The van der Waals surface area contributed by atoms with E-state index in [1.165, 1.54) is 19.1 Å². The lowest BCUT2D eigenvalue weighted by atomic mass is 10.1. The average Bonchev–Trinajstić information content (AvgIpc) is 2.96. The average molecular weight is 405 g/mol. The predicted octanol–water partition coefficient (Wildman–Crippen LogP) is 3.63. The van der Waals surface area contributed by atoms with E-state index in [2.05, 4.69) is 5.32 Å². The topological polar surface area (TPSA) is 60.0 Å². The van der Waals surface area contributed by atoms with Crippen LogP contribution in [0.1, 0.15) is 5.56 Å². The normalized spacial score (nSPS) is 15.1. The van der Waals surface area contributed by atoms with Crippen LogP contribution >= 0.6 is 23.8 Å². The van der Waals surface area contributed by atoms with Crippen LogP contribution in [-0.2, 0) is 4.79 Å². The summed E-state index contributed by atoms with van der Waals surface area (Å²) < 4.78 is 15.7. The molecule has 8 heteroatoms. The summed E-state index contributed by atoms with van der Waals surface area (Å²) in [5, 5.41) is 3.63. The number of amides is 1. The number of nitrogens with zero attached hydrogens (tertiary/aromatic N) is 1. The molecule has 2 aromatic rings. The number of nitrogens with one attached hydrogen (secondary N) is 1. The van der Waals surface area contributed by atoms with Crippen LogP contribution < -0.4 is 24.4 Å².